The molecule has 3 heterocycles. The van der Waals surface area contributed by atoms with Crippen molar-refractivity contribution in [1.82, 2.24) is 0 Å². The second kappa shape index (κ2) is 6.41. The monoisotopic (exact) mass is 397 g/mol. The Hall–Kier alpha value is -0.950. The predicted molar refractivity (Wildman–Crippen MR) is 83.7 cm³/mol. The molecule has 0 aliphatic carbocycles. The maximum absolute atomic E-state index is 12.5. The van der Waals surface area contributed by atoms with Crippen molar-refractivity contribution < 1.29 is 40.8 Å². The zero-order valence-corrected chi connectivity index (χ0v) is 15.6. The van der Waals surface area contributed by atoms with Gasteiger partial charge in [-0.1, -0.05) is 30.3 Å². The van der Waals surface area contributed by atoms with Crippen LogP contribution in [-0.2, 0) is 14.3 Å². The number of quaternary nitrogens is 1. The molecule has 132 valence electrons. The molecule has 0 saturated carbocycles. The fourth-order valence-electron chi connectivity index (χ4n) is 4.55. The van der Waals surface area contributed by atoms with Crippen LogP contribution in [0.3, 0.4) is 0 Å². The highest BCUT2D eigenvalue weighted by atomic mass is 79.9. The number of halogens is 1. The molecule has 1 aromatic carbocycles. The molecule has 0 radical (unpaired) electrons. The van der Waals surface area contributed by atoms with E-state index in [4.69, 9.17) is 9.47 Å². The zero-order chi connectivity index (χ0) is 16.2. The van der Waals surface area contributed by atoms with E-state index in [2.05, 4.69) is 14.1 Å². The molecule has 1 unspecified atom stereocenters. The lowest BCUT2D eigenvalue weighted by Crippen LogP contribution is -3.00. The van der Waals surface area contributed by atoms with Gasteiger partial charge in [0.05, 0.1) is 20.7 Å². The summed E-state index contributed by atoms with van der Waals surface area (Å²) in [6.45, 7) is -0.224. The summed E-state index contributed by atoms with van der Waals surface area (Å²) in [4.78, 5) is 12.5. The van der Waals surface area contributed by atoms with Crippen molar-refractivity contribution in [3.8, 4) is 0 Å². The van der Waals surface area contributed by atoms with Crippen LogP contribution in [0.25, 0.3) is 0 Å². The number of aliphatic hydroxyl groups is 1. The van der Waals surface area contributed by atoms with Gasteiger partial charge in [-0.05, 0) is 5.56 Å². The van der Waals surface area contributed by atoms with Crippen molar-refractivity contribution in [3.05, 3.63) is 35.9 Å². The van der Waals surface area contributed by atoms with Crippen LogP contribution in [0.4, 0.5) is 0 Å². The first-order valence-corrected chi connectivity index (χ1v) is 8.37. The molecule has 0 aromatic heterocycles. The van der Waals surface area contributed by atoms with Crippen LogP contribution in [0, 0.1) is 0 Å². The number of fused-ring (bicyclic) bond motifs is 5. The minimum Gasteiger partial charge on any atom is -1.00 e. The van der Waals surface area contributed by atoms with Gasteiger partial charge in [-0.25, -0.2) is 0 Å². The van der Waals surface area contributed by atoms with Crippen molar-refractivity contribution in [2.24, 2.45) is 0 Å². The smallest absolute Gasteiger partial charge is 0.316 e. The van der Waals surface area contributed by atoms with Crippen LogP contribution >= 0.6 is 0 Å². The highest BCUT2D eigenvalue weighted by Crippen LogP contribution is 2.51. The van der Waals surface area contributed by atoms with Crippen LogP contribution in [0.5, 0.6) is 0 Å². The summed E-state index contributed by atoms with van der Waals surface area (Å²) in [6, 6.07) is 10.2. The van der Waals surface area contributed by atoms with Crippen molar-refractivity contribution in [2.75, 3.05) is 20.7 Å². The summed E-state index contributed by atoms with van der Waals surface area (Å²) >= 11 is 0. The number of ether oxygens (including phenoxy) is 2. The number of carbonyl (C=O) groups excluding carboxylic acids is 1. The lowest BCUT2D eigenvalue weighted by Gasteiger charge is -2.45. The molecule has 6 heteroatoms. The number of likely N-dealkylation sites (N-methyl/N-ethyl adjacent to an activating group) is 1. The molecule has 0 spiro atoms. The summed E-state index contributed by atoms with van der Waals surface area (Å²) in [5, 5.41) is 9.60. The molecule has 3 aliphatic heterocycles. The minimum absolute atomic E-state index is 0. The van der Waals surface area contributed by atoms with Gasteiger partial charge >= 0.3 is 5.97 Å². The van der Waals surface area contributed by atoms with Crippen molar-refractivity contribution >= 4 is 5.97 Å². The Morgan fingerprint density at radius 3 is 2.38 bits per heavy atom. The van der Waals surface area contributed by atoms with Crippen LogP contribution in [0.15, 0.2) is 30.3 Å². The number of piperidine rings is 1. The number of esters is 1. The van der Waals surface area contributed by atoms with Gasteiger partial charge in [-0.3, -0.25) is 4.79 Å². The third-order valence-electron chi connectivity index (χ3n) is 5.99. The highest BCUT2D eigenvalue weighted by Gasteiger charge is 2.70. The normalized spacial score (nSPS) is 36.2. The van der Waals surface area contributed by atoms with Gasteiger partial charge in [0.15, 0.2) is 0 Å². The second-order valence-electron chi connectivity index (χ2n) is 7.51. The number of hydrogen-bond acceptors (Lipinski definition) is 4. The van der Waals surface area contributed by atoms with Crippen LogP contribution in [0.1, 0.15) is 24.3 Å². The number of carbonyl (C=O) groups is 1. The van der Waals surface area contributed by atoms with E-state index in [-0.39, 0.29) is 35.7 Å². The van der Waals surface area contributed by atoms with E-state index in [0.717, 1.165) is 22.9 Å². The lowest BCUT2D eigenvalue weighted by atomic mass is 9.95. The average molecular weight is 398 g/mol. The molecule has 0 amide bonds. The van der Waals surface area contributed by atoms with E-state index < -0.39 is 5.92 Å². The molecule has 4 rings (SSSR count). The van der Waals surface area contributed by atoms with Gasteiger partial charge in [0.2, 0.25) is 0 Å². The van der Waals surface area contributed by atoms with Crippen molar-refractivity contribution in [2.45, 2.75) is 49.2 Å². The number of hydrogen-bond donors (Lipinski definition) is 1. The quantitative estimate of drug-likeness (QED) is 0.365. The largest absolute Gasteiger partial charge is 1.00 e. The summed E-state index contributed by atoms with van der Waals surface area (Å²) in [5.74, 6) is -0.908. The van der Waals surface area contributed by atoms with Crippen LogP contribution in [-0.4, -0.2) is 66.7 Å². The second-order valence-corrected chi connectivity index (χ2v) is 7.51. The molecule has 1 N–H and O–H groups in total. The molecule has 5 nitrogen and oxygen atoms in total. The SMILES string of the molecule is C[N+]1(C)[C@H]2CC(OC(=O)[C@H](CO)c3ccccc3)C[C@H]1[C@H]1O[C@H]12.[Br-]. The summed E-state index contributed by atoms with van der Waals surface area (Å²) in [5.41, 5.74) is 0.807. The Bertz CT molecular complexity index is 588. The number of benzene rings is 1. The molecule has 1 aromatic rings. The van der Waals surface area contributed by atoms with Gasteiger partial charge in [-0.2, -0.15) is 0 Å². The Kier molecular flexibility index (Phi) is 4.77. The Morgan fingerprint density at radius 2 is 1.83 bits per heavy atom. The summed E-state index contributed by atoms with van der Waals surface area (Å²) in [6.07, 6.45) is 2.34. The van der Waals surface area contributed by atoms with Crippen molar-refractivity contribution in [1.29, 1.82) is 0 Å². The molecule has 3 saturated heterocycles. The number of nitrogens with zero attached hydrogens (tertiary/aromatic N) is 1. The molecule has 3 aliphatic rings. The first-order valence-electron chi connectivity index (χ1n) is 8.37. The maximum atomic E-state index is 12.5. The van der Waals surface area contributed by atoms with Crippen molar-refractivity contribution in [3.63, 3.8) is 0 Å². The number of rotatable bonds is 4. The molecular weight excluding hydrogens is 374 g/mol. The van der Waals surface area contributed by atoms with E-state index in [1.165, 1.54) is 0 Å². The zero-order valence-electron chi connectivity index (χ0n) is 14.0. The van der Waals surface area contributed by atoms with E-state index in [0.29, 0.717) is 24.3 Å². The number of morpholine rings is 1. The molecular formula is C18H24BrNO4. The maximum Gasteiger partial charge on any atom is 0.316 e. The standard InChI is InChI=1S/C18H24NO4.BrH/c1-19(2)14-8-12(9-15(19)17-16(14)23-17)22-18(21)13(10-20)11-6-4-3-5-7-11;/h3-7,12-17,20H,8-10H2,1-2H3;1H/q+1;/p-1/t12?,13-,14+,15+,16-,17+;/m1./s1. The van der Waals surface area contributed by atoms with Gasteiger partial charge in [0.1, 0.15) is 36.3 Å². The van der Waals surface area contributed by atoms with Crippen LogP contribution in [0.2, 0.25) is 0 Å². The summed E-state index contributed by atoms with van der Waals surface area (Å²) < 4.78 is 12.5. The Labute approximate surface area is 152 Å². The Morgan fingerprint density at radius 1 is 1.25 bits per heavy atom. The Balaban J connectivity index is 0.00000169. The fraction of sp³-hybridized carbons (Fsp3) is 0.611. The minimum atomic E-state index is -0.593. The summed E-state index contributed by atoms with van der Waals surface area (Å²) in [7, 11) is 4.51. The molecule has 24 heavy (non-hydrogen) atoms. The average Bonchev–Trinajstić information content (AvgIpc) is 3.27. The highest BCUT2D eigenvalue weighted by molar-refractivity contribution is 5.78. The first kappa shape index (κ1) is 17.9. The van der Waals surface area contributed by atoms with Gasteiger partial charge in [0.25, 0.3) is 0 Å². The van der Waals surface area contributed by atoms with E-state index >= 15 is 0 Å². The van der Waals surface area contributed by atoms with Gasteiger partial charge < -0.3 is 36.0 Å². The third-order valence-corrected chi connectivity index (χ3v) is 5.99. The van der Waals surface area contributed by atoms with Gasteiger partial charge in [0, 0.05) is 12.8 Å². The van der Waals surface area contributed by atoms with E-state index in [1.54, 1.807) is 0 Å². The van der Waals surface area contributed by atoms with E-state index in [9.17, 15) is 9.90 Å². The lowest BCUT2D eigenvalue weighted by molar-refractivity contribution is -0.938. The molecule has 3 fully saturated rings. The molecule has 6 atom stereocenters. The van der Waals surface area contributed by atoms with Crippen LogP contribution < -0.4 is 17.0 Å². The third kappa shape index (κ3) is 2.79. The van der Waals surface area contributed by atoms with E-state index in [1.807, 2.05) is 30.3 Å². The predicted octanol–water partition coefficient (Wildman–Crippen LogP) is -1.93. The number of epoxide rings is 1. The fourth-order valence-corrected chi connectivity index (χ4v) is 4.55. The number of aliphatic hydroxyl groups excluding tert-OH is 1. The van der Waals surface area contributed by atoms with Gasteiger partial charge in [-0.15, -0.1) is 0 Å². The first-order chi connectivity index (χ1) is 11.0. The topological polar surface area (TPSA) is 59.1 Å². The molecule has 2 bridgehead atoms.